The Morgan fingerprint density at radius 3 is 3.00 bits per heavy atom. The second kappa shape index (κ2) is 4.31. The van der Waals surface area contributed by atoms with Crippen LogP contribution in [0.1, 0.15) is 29.8 Å². The molecule has 0 atom stereocenters. The Bertz CT molecular complexity index is 388. The van der Waals surface area contributed by atoms with E-state index < -0.39 is 0 Å². The van der Waals surface area contributed by atoms with Gasteiger partial charge in [-0.15, -0.1) is 0 Å². The molecule has 1 fully saturated rings. The Morgan fingerprint density at radius 2 is 2.40 bits per heavy atom. The van der Waals surface area contributed by atoms with E-state index in [-0.39, 0.29) is 5.78 Å². The van der Waals surface area contributed by atoms with Crippen molar-refractivity contribution in [3.63, 3.8) is 0 Å². The third kappa shape index (κ3) is 2.56. The number of hydrogen-bond donors (Lipinski definition) is 0. The molecule has 0 saturated heterocycles. The van der Waals surface area contributed by atoms with E-state index in [1.807, 2.05) is 0 Å². The molecule has 2 rings (SSSR count). The molecule has 4 heteroatoms. The van der Waals surface area contributed by atoms with Gasteiger partial charge in [-0.05, 0) is 40.8 Å². The van der Waals surface area contributed by atoms with Crippen LogP contribution in [0, 0.1) is 5.92 Å². The van der Waals surface area contributed by atoms with E-state index in [4.69, 9.17) is 4.74 Å². The summed E-state index contributed by atoms with van der Waals surface area (Å²) in [6, 6.07) is 1.77. The number of aromatic nitrogens is 1. The summed E-state index contributed by atoms with van der Waals surface area (Å²) in [5.74, 6) is 1.21. The molecule has 1 aromatic heterocycles. The molecule has 1 saturated carbocycles. The van der Waals surface area contributed by atoms with Crippen molar-refractivity contribution in [3.05, 3.63) is 22.4 Å². The molecule has 15 heavy (non-hydrogen) atoms. The molecule has 0 bridgehead atoms. The van der Waals surface area contributed by atoms with Crippen LogP contribution >= 0.6 is 15.9 Å². The molecule has 0 N–H and O–H groups in total. The van der Waals surface area contributed by atoms with E-state index in [9.17, 15) is 4.79 Å². The van der Waals surface area contributed by atoms with Gasteiger partial charge < -0.3 is 4.74 Å². The minimum Gasteiger partial charge on any atom is -0.494 e. The summed E-state index contributed by atoms with van der Waals surface area (Å²) in [5, 5.41) is 0. The van der Waals surface area contributed by atoms with Crippen molar-refractivity contribution >= 4 is 21.7 Å². The van der Waals surface area contributed by atoms with Crippen molar-refractivity contribution in [2.75, 3.05) is 7.11 Å². The molecule has 1 heterocycles. The molecule has 3 nitrogen and oxygen atoms in total. The lowest BCUT2D eigenvalue weighted by molar-refractivity contribution is 0.0968. The van der Waals surface area contributed by atoms with Gasteiger partial charge >= 0.3 is 0 Å². The number of halogens is 1. The Hall–Kier alpha value is -0.900. The van der Waals surface area contributed by atoms with Gasteiger partial charge in [0.1, 0.15) is 11.4 Å². The van der Waals surface area contributed by atoms with Crippen molar-refractivity contribution in [2.24, 2.45) is 5.92 Å². The highest BCUT2D eigenvalue weighted by molar-refractivity contribution is 9.10. The molecule has 0 spiro atoms. The highest BCUT2D eigenvalue weighted by Crippen LogP contribution is 2.34. The van der Waals surface area contributed by atoms with Gasteiger partial charge in [0.25, 0.3) is 0 Å². The van der Waals surface area contributed by atoms with Gasteiger partial charge in [0.05, 0.1) is 7.11 Å². The van der Waals surface area contributed by atoms with Crippen LogP contribution in [0.15, 0.2) is 16.7 Å². The average molecular weight is 270 g/mol. The van der Waals surface area contributed by atoms with Gasteiger partial charge in [0, 0.05) is 17.1 Å². The highest BCUT2D eigenvalue weighted by atomic mass is 79.9. The van der Waals surface area contributed by atoms with Crippen LogP contribution in [0.4, 0.5) is 0 Å². The first-order valence-corrected chi connectivity index (χ1v) is 5.72. The molecule has 0 radical (unpaired) electrons. The van der Waals surface area contributed by atoms with Gasteiger partial charge in [-0.2, -0.15) is 0 Å². The topological polar surface area (TPSA) is 39.2 Å². The van der Waals surface area contributed by atoms with Crippen LogP contribution in [0.3, 0.4) is 0 Å². The monoisotopic (exact) mass is 269 g/mol. The summed E-state index contributed by atoms with van der Waals surface area (Å²) in [5.41, 5.74) is 0.451. The van der Waals surface area contributed by atoms with Gasteiger partial charge in [0.2, 0.25) is 0 Å². The largest absolute Gasteiger partial charge is 0.494 e. The molecular weight excluding hydrogens is 258 g/mol. The number of rotatable bonds is 4. The fourth-order valence-corrected chi connectivity index (χ4v) is 1.78. The molecule has 1 aliphatic rings. The van der Waals surface area contributed by atoms with Crippen LogP contribution in [0.2, 0.25) is 0 Å². The predicted octanol–water partition coefficient (Wildman–Crippen LogP) is 2.84. The van der Waals surface area contributed by atoms with Crippen LogP contribution in [-0.2, 0) is 0 Å². The van der Waals surface area contributed by atoms with E-state index in [0.717, 1.165) is 4.47 Å². The fraction of sp³-hybridized carbons (Fsp3) is 0.455. The van der Waals surface area contributed by atoms with Gasteiger partial charge in [0.15, 0.2) is 5.78 Å². The lowest BCUT2D eigenvalue weighted by Crippen LogP contribution is -2.05. The number of ketones is 1. The van der Waals surface area contributed by atoms with Crippen molar-refractivity contribution < 1.29 is 9.53 Å². The summed E-state index contributed by atoms with van der Waals surface area (Å²) >= 11 is 3.30. The summed E-state index contributed by atoms with van der Waals surface area (Å²) in [7, 11) is 1.55. The summed E-state index contributed by atoms with van der Waals surface area (Å²) in [4.78, 5) is 15.9. The van der Waals surface area contributed by atoms with E-state index in [1.165, 1.54) is 12.8 Å². The lowest BCUT2D eigenvalue weighted by Gasteiger charge is -2.06. The Kier molecular flexibility index (Phi) is 3.05. The number of pyridine rings is 1. The van der Waals surface area contributed by atoms with E-state index in [1.54, 1.807) is 19.4 Å². The molecule has 0 amide bonds. The SMILES string of the molecule is COc1cc(Br)cnc1C(=O)CC1CC1. The number of carbonyl (C=O) groups is 1. The van der Waals surface area contributed by atoms with Gasteiger partial charge in [-0.25, -0.2) is 4.98 Å². The Morgan fingerprint density at radius 1 is 1.67 bits per heavy atom. The van der Waals surface area contributed by atoms with Crippen LogP contribution in [0.25, 0.3) is 0 Å². The maximum Gasteiger partial charge on any atom is 0.185 e. The standard InChI is InChI=1S/C11H12BrNO2/c1-15-10-5-8(12)6-13-11(10)9(14)4-7-2-3-7/h5-7H,2-4H2,1H3. The van der Waals surface area contributed by atoms with Gasteiger partial charge in [-0.3, -0.25) is 4.79 Å². The molecule has 0 aliphatic heterocycles. The third-order valence-corrected chi connectivity index (χ3v) is 2.91. The zero-order valence-electron chi connectivity index (χ0n) is 8.50. The van der Waals surface area contributed by atoms with Crippen LogP contribution < -0.4 is 4.74 Å². The second-order valence-electron chi connectivity index (χ2n) is 3.78. The Balaban J connectivity index is 2.21. The first kappa shape index (κ1) is 10.6. The van der Waals surface area contributed by atoms with Crippen molar-refractivity contribution in [3.8, 4) is 5.75 Å². The summed E-state index contributed by atoms with van der Waals surface area (Å²) < 4.78 is 5.96. The minimum absolute atomic E-state index is 0.0850. The lowest BCUT2D eigenvalue weighted by atomic mass is 10.1. The zero-order valence-corrected chi connectivity index (χ0v) is 10.1. The van der Waals surface area contributed by atoms with Crippen molar-refractivity contribution in [1.29, 1.82) is 0 Å². The predicted molar refractivity (Wildman–Crippen MR) is 60.2 cm³/mol. The van der Waals surface area contributed by atoms with Crippen LogP contribution in [0.5, 0.6) is 5.75 Å². The second-order valence-corrected chi connectivity index (χ2v) is 4.69. The molecule has 1 aromatic rings. The molecule has 0 unspecified atom stereocenters. The maximum atomic E-state index is 11.8. The number of ether oxygens (including phenoxy) is 1. The van der Waals surface area contributed by atoms with E-state index in [0.29, 0.717) is 23.8 Å². The van der Waals surface area contributed by atoms with Crippen LogP contribution in [-0.4, -0.2) is 17.9 Å². The fourth-order valence-electron chi connectivity index (χ4n) is 1.47. The molecular formula is C11H12BrNO2. The maximum absolute atomic E-state index is 11.8. The number of methoxy groups -OCH3 is 1. The van der Waals surface area contributed by atoms with E-state index >= 15 is 0 Å². The normalized spacial score (nSPS) is 15.1. The average Bonchev–Trinajstić information content (AvgIpc) is 3.01. The third-order valence-electron chi connectivity index (χ3n) is 2.47. The quantitative estimate of drug-likeness (QED) is 0.790. The molecule has 80 valence electrons. The number of hydrogen-bond acceptors (Lipinski definition) is 3. The number of nitrogens with zero attached hydrogens (tertiary/aromatic N) is 1. The first-order chi connectivity index (χ1) is 7.20. The smallest absolute Gasteiger partial charge is 0.185 e. The van der Waals surface area contributed by atoms with Crippen molar-refractivity contribution in [1.82, 2.24) is 4.98 Å². The molecule has 0 aromatic carbocycles. The highest BCUT2D eigenvalue weighted by Gasteiger charge is 2.26. The zero-order chi connectivity index (χ0) is 10.8. The Labute approximate surface area is 97.0 Å². The first-order valence-electron chi connectivity index (χ1n) is 4.93. The number of Topliss-reactive ketones (excluding diaryl/α,β-unsaturated/α-hetero) is 1. The van der Waals surface area contributed by atoms with E-state index in [2.05, 4.69) is 20.9 Å². The molecule has 1 aliphatic carbocycles. The minimum atomic E-state index is 0.0850. The van der Waals surface area contributed by atoms with Gasteiger partial charge in [-0.1, -0.05) is 0 Å². The number of carbonyl (C=O) groups excluding carboxylic acids is 1. The summed E-state index contributed by atoms with van der Waals surface area (Å²) in [6.45, 7) is 0. The van der Waals surface area contributed by atoms with Crippen molar-refractivity contribution in [2.45, 2.75) is 19.3 Å². The summed E-state index contributed by atoms with van der Waals surface area (Å²) in [6.07, 6.45) is 4.57.